The van der Waals surface area contributed by atoms with Crippen LogP contribution < -0.4 is 0 Å². The Morgan fingerprint density at radius 3 is 2.21 bits per heavy atom. The minimum absolute atomic E-state index is 0.227. The molecule has 2 heterocycles. The van der Waals surface area contributed by atoms with E-state index in [0.717, 1.165) is 40.9 Å². The van der Waals surface area contributed by atoms with E-state index in [1.165, 1.54) is 0 Å². The molecule has 1 atom stereocenters. The highest BCUT2D eigenvalue weighted by atomic mass is 16.4. The highest BCUT2D eigenvalue weighted by molar-refractivity contribution is 6.26. The molecule has 0 amide bonds. The van der Waals surface area contributed by atoms with Gasteiger partial charge < -0.3 is 5.11 Å². The van der Waals surface area contributed by atoms with Gasteiger partial charge in [0, 0.05) is 16.5 Å². The minimum Gasteiger partial charge on any atom is -0.477 e. The summed E-state index contributed by atoms with van der Waals surface area (Å²) >= 11 is 0. The summed E-state index contributed by atoms with van der Waals surface area (Å²) in [5, 5.41) is 29.4. The molecule has 2 aromatic carbocycles. The summed E-state index contributed by atoms with van der Waals surface area (Å²) in [7, 11) is 1.99. The van der Waals surface area contributed by atoms with Gasteiger partial charge in [-0.05, 0) is 40.1 Å². The van der Waals surface area contributed by atoms with Gasteiger partial charge in [-0.3, -0.25) is 0 Å². The zero-order valence-corrected chi connectivity index (χ0v) is 19.6. The number of rotatable bonds is 6. The molecule has 1 unspecified atom stereocenters. The Morgan fingerprint density at radius 2 is 1.67 bits per heavy atom. The van der Waals surface area contributed by atoms with Crippen molar-refractivity contribution >= 4 is 17.4 Å². The van der Waals surface area contributed by atoms with Crippen LogP contribution in [0.25, 0.3) is 28.2 Å². The number of quaternary nitrogens is 1. The summed E-state index contributed by atoms with van der Waals surface area (Å²) in [4.78, 5) is 12.4. The number of aromatic amines is 1. The van der Waals surface area contributed by atoms with Crippen molar-refractivity contribution in [2.75, 3.05) is 13.6 Å². The number of H-pyrrole nitrogens is 1. The van der Waals surface area contributed by atoms with Crippen molar-refractivity contribution in [3.8, 4) is 22.5 Å². The number of nitrogens with one attached hydrogen (secondary N) is 1. The van der Waals surface area contributed by atoms with E-state index in [-0.39, 0.29) is 10.0 Å². The average Bonchev–Trinajstić information content (AvgIpc) is 3.40. The van der Waals surface area contributed by atoms with Crippen molar-refractivity contribution in [2.45, 2.75) is 34.1 Å². The molecule has 1 aromatic heterocycles. The summed E-state index contributed by atoms with van der Waals surface area (Å²) in [6.07, 6.45) is 0.879. The molecule has 0 radical (unpaired) electrons. The summed E-state index contributed by atoms with van der Waals surface area (Å²) in [5.74, 6) is -0.347. The van der Waals surface area contributed by atoms with Crippen LogP contribution in [0.5, 0.6) is 0 Å². The van der Waals surface area contributed by atoms with E-state index in [0.29, 0.717) is 17.1 Å². The number of aromatic nitrogens is 4. The SMILES string of the molecule is CCC[N+]1(C)N=C(C(C)(C)C)C(C(=O)O)=C1c1ccc(-c2ccccc2-c2nnn[nH]2)cc1. The Hall–Kier alpha value is -3.65. The molecule has 0 fully saturated rings. The van der Waals surface area contributed by atoms with E-state index >= 15 is 0 Å². The molecule has 0 saturated heterocycles. The second kappa shape index (κ2) is 8.37. The van der Waals surface area contributed by atoms with Crippen molar-refractivity contribution < 1.29 is 14.5 Å². The third kappa shape index (κ3) is 4.09. The van der Waals surface area contributed by atoms with Gasteiger partial charge in [0.15, 0.2) is 17.1 Å². The first-order valence-electron chi connectivity index (χ1n) is 11.0. The molecule has 0 bridgehead atoms. The van der Waals surface area contributed by atoms with Crippen molar-refractivity contribution in [3.05, 3.63) is 59.7 Å². The summed E-state index contributed by atoms with van der Waals surface area (Å²) < 4.78 is 0.227. The molecule has 8 heteroatoms. The number of carboxylic acids is 1. The quantitative estimate of drug-likeness (QED) is 0.540. The van der Waals surface area contributed by atoms with Crippen LogP contribution >= 0.6 is 0 Å². The van der Waals surface area contributed by atoms with Crippen molar-refractivity contribution in [1.82, 2.24) is 20.6 Å². The molecule has 4 rings (SSSR count). The van der Waals surface area contributed by atoms with E-state index in [1.54, 1.807) is 0 Å². The standard InChI is InChI=1S/C25H28N6O2/c1-6-15-31(5)21(20(24(32)33)22(28-31)25(2,3)4)17-13-11-16(12-14-17)18-9-7-8-10-19(18)23-26-29-30-27-23/h7-14H,6,15H2,1-5H3,(H-,26,27,28,29,30,32,33)/p+1. The summed E-state index contributed by atoms with van der Waals surface area (Å²) in [5.41, 5.74) is 5.01. The average molecular weight is 446 g/mol. The van der Waals surface area contributed by atoms with Crippen LogP contribution in [0, 0.1) is 5.41 Å². The summed E-state index contributed by atoms with van der Waals surface area (Å²) in [6, 6.07) is 15.9. The zero-order chi connectivity index (χ0) is 23.8. The van der Waals surface area contributed by atoms with Crippen LogP contribution in [0.1, 0.15) is 39.7 Å². The van der Waals surface area contributed by atoms with Crippen molar-refractivity contribution in [2.24, 2.45) is 10.5 Å². The Bertz CT molecular complexity index is 1240. The topological polar surface area (TPSA) is 104 Å². The van der Waals surface area contributed by atoms with Crippen LogP contribution in [0.15, 0.2) is 59.2 Å². The smallest absolute Gasteiger partial charge is 0.344 e. The van der Waals surface area contributed by atoms with Gasteiger partial charge in [0.1, 0.15) is 12.3 Å². The van der Waals surface area contributed by atoms with Gasteiger partial charge in [0.2, 0.25) is 0 Å². The maximum absolute atomic E-state index is 12.4. The highest BCUT2D eigenvalue weighted by Gasteiger charge is 2.46. The van der Waals surface area contributed by atoms with Crippen LogP contribution in [-0.2, 0) is 4.79 Å². The second-order valence-corrected chi connectivity index (χ2v) is 9.46. The molecule has 0 aliphatic carbocycles. The van der Waals surface area contributed by atoms with E-state index in [9.17, 15) is 9.90 Å². The molecule has 3 aromatic rings. The van der Waals surface area contributed by atoms with Crippen LogP contribution in [0.3, 0.4) is 0 Å². The van der Waals surface area contributed by atoms with Gasteiger partial charge in [-0.2, -0.15) is 4.59 Å². The lowest BCUT2D eigenvalue weighted by atomic mass is 9.84. The van der Waals surface area contributed by atoms with Crippen molar-refractivity contribution in [1.29, 1.82) is 0 Å². The lowest BCUT2D eigenvalue weighted by molar-refractivity contribution is -0.844. The molecule has 170 valence electrons. The van der Waals surface area contributed by atoms with Crippen molar-refractivity contribution in [3.63, 3.8) is 0 Å². The first-order chi connectivity index (χ1) is 15.7. The Balaban J connectivity index is 1.83. The predicted molar refractivity (Wildman–Crippen MR) is 128 cm³/mol. The van der Waals surface area contributed by atoms with Crippen LogP contribution in [-0.4, -0.2) is 55.6 Å². The van der Waals surface area contributed by atoms with Gasteiger partial charge in [-0.1, -0.05) is 69.2 Å². The second-order valence-electron chi connectivity index (χ2n) is 9.46. The minimum atomic E-state index is -0.941. The lowest BCUT2D eigenvalue weighted by Crippen LogP contribution is -2.36. The Kier molecular flexibility index (Phi) is 5.71. The fourth-order valence-corrected chi connectivity index (χ4v) is 4.44. The number of carbonyl (C=O) groups is 1. The van der Waals surface area contributed by atoms with Gasteiger partial charge in [0.25, 0.3) is 0 Å². The van der Waals surface area contributed by atoms with E-state index in [4.69, 9.17) is 5.10 Å². The number of benzene rings is 2. The maximum atomic E-state index is 12.4. The van der Waals surface area contributed by atoms with Gasteiger partial charge >= 0.3 is 5.97 Å². The fourth-order valence-electron chi connectivity index (χ4n) is 4.44. The van der Waals surface area contributed by atoms with Gasteiger partial charge in [-0.25, -0.2) is 9.89 Å². The van der Waals surface area contributed by atoms with Crippen LogP contribution in [0.2, 0.25) is 0 Å². The molecular weight excluding hydrogens is 416 g/mol. The summed E-state index contributed by atoms with van der Waals surface area (Å²) in [6.45, 7) is 8.82. The van der Waals surface area contributed by atoms with E-state index in [2.05, 4.69) is 27.5 Å². The number of aliphatic carboxylic acids is 1. The molecule has 0 saturated carbocycles. The highest BCUT2D eigenvalue weighted by Crippen LogP contribution is 2.41. The van der Waals surface area contributed by atoms with Gasteiger partial charge in [-0.15, -0.1) is 5.10 Å². The number of tetrazole rings is 1. The van der Waals surface area contributed by atoms with E-state index < -0.39 is 5.97 Å². The predicted octanol–water partition coefficient (Wildman–Crippen LogP) is 4.60. The Morgan fingerprint density at radius 1 is 1.03 bits per heavy atom. The first kappa shape index (κ1) is 22.5. The van der Waals surface area contributed by atoms with Gasteiger partial charge in [0.05, 0.1) is 7.05 Å². The zero-order valence-electron chi connectivity index (χ0n) is 19.6. The number of hydrogen-bond donors (Lipinski definition) is 2. The molecule has 8 nitrogen and oxygen atoms in total. The lowest BCUT2D eigenvalue weighted by Gasteiger charge is -2.26. The Labute approximate surface area is 193 Å². The molecular formula is C25H29N6O2+. The monoisotopic (exact) mass is 445 g/mol. The number of nitrogens with zero attached hydrogens (tertiary/aromatic N) is 5. The molecule has 1 aliphatic rings. The fraction of sp³-hybridized carbons (Fsp3) is 0.320. The third-order valence-electron chi connectivity index (χ3n) is 5.86. The molecule has 1 aliphatic heterocycles. The largest absolute Gasteiger partial charge is 0.477 e. The van der Waals surface area contributed by atoms with E-state index in [1.807, 2.05) is 76.3 Å². The molecule has 33 heavy (non-hydrogen) atoms. The van der Waals surface area contributed by atoms with Crippen LogP contribution in [0.4, 0.5) is 0 Å². The third-order valence-corrected chi connectivity index (χ3v) is 5.86. The maximum Gasteiger partial charge on any atom is 0.344 e. The first-order valence-corrected chi connectivity index (χ1v) is 11.0. The molecule has 0 spiro atoms. The normalized spacial score (nSPS) is 18.5. The molecule has 2 N–H and O–H groups in total. The number of carboxylic acid groups (broad SMARTS) is 1. The number of hydrogen-bond acceptors (Lipinski definition) is 5.